The lowest BCUT2D eigenvalue weighted by Gasteiger charge is -2.18. The Hall–Kier alpha value is -1.39. The summed E-state index contributed by atoms with van der Waals surface area (Å²) in [4.78, 5) is 1.36. The number of rotatable bonds is 8. The third kappa shape index (κ3) is 4.83. The summed E-state index contributed by atoms with van der Waals surface area (Å²) < 4.78 is 18.8. The largest absolute Gasteiger partial charge is 0.494 e. The Morgan fingerprint density at radius 3 is 2.76 bits per heavy atom. The van der Waals surface area contributed by atoms with Crippen molar-refractivity contribution < 1.29 is 9.13 Å². The monoisotopic (exact) mass is 307 g/mol. The maximum absolute atomic E-state index is 13.8. The van der Waals surface area contributed by atoms with Crippen molar-refractivity contribution in [3.63, 3.8) is 0 Å². The molecule has 0 radical (unpaired) electrons. The van der Waals surface area contributed by atoms with Crippen molar-refractivity contribution >= 4 is 11.3 Å². The number of hydrogen-bond donors (Lipinski definition) is 1. The summed E-state index contributed by atoms with van der Waals surface area (Å²) in [5.41, 5.74) is 0.999. The molecule has 0 fully saturated rings. The van der Waals surface area contributed by atoms with Crippen molar-refractivity contribution in [1.29, 1.82) is 0 Å². The van der Waals surface area contributed by atoms with E-state index in [1.165, 1.54) is 12.0 Å². The van der Waals surface area contributed by atoms with E-state index in [2.05, 4.69) is 29.8 Å². The number of benzene rings is 1. The first kappa shape index (κ1) is 16.0. The van der Waals surface area contributed by atoms with Gasteiger partial charge in [0, 0.05) is 10.9 Å². The van der Waals surface area contributed by atoms with Crippen LogP contribution in [0.15, 0.2) is 35.7 Å². The molecule has 1 aromatic heterocycles. The van der Waals surface area contributed by atoms with Gasteiger partial charge in [0.05, 0.1) is 7.11 Å². The molecule has 21 heavy (non-hydrogen) atoms. The molecule has 0 aliphatic rings. The Kier molecular flexibility index (Phi) is 6.21. The van der Waals surface area contributed by atoms with Crippen molar-refractivity contribution in [3.05, 3.63) is 52.0 Å². The molecule has 2 nitrogen and oxygen atoms in total. The van der Waals surface area contributed by atoms with Crippen LogP contribution in [0.25, 0.3) is 0 Å². The highest BCUT2D eigenvalue weighted by Gasteiger charge is 2.12. The summed E-state index contributed by atoms with van der Waals surface area (Å²) in [6.07, 6.45) is 2.89. The van der Waals surface area contributed by atoms with E-state index in [0.717, 1.165) is 31.4 Å². The zero-order valence-electron chi connectivity index (χ0n) is 12.6. The van der Waals surface area contributed by atoms with Crippen LogP contribution in [0.1, 0.15) is 23.8 Å². The van der Waals surface area contributed by atoms with E-state index in [9.17, 15) is 4.39 Å². The molecule has 114 valence electrons. The van der Waals surface area contributed by atoms with Gasteiger partial charge in [-0.25, -0.2) is 4.39 Å². The van der Waals surface area contributed by atoms with Gasteiger partial charge in [0.1, 0.15) is 0 Å². The summed E-state index contributed by atoms with van der Waals surface area (Å²) in [6.45, 7) is 3.14. The molecule has 0 aliphatic carbocycles. The number of nitrogens with one attached hydrogen (secondary N) is 1. The van der Waals surface area contributed by atoms with E-state index in [0.29, 0.717) is 11.8 Å². The minimum atomic E-state index is -0.291. The normalized spacial score (nSPS) is 12.3. The molecule has 0 spiro atoms. The second kappa shape index (κ2) is 8.15. The Bertz CT molecular complexity index is 542. The predicted octanol–water partition coefficient (Wildman–Crippen LogP) is 4.05. The van der Waals surface area contributed by atoms with E-state index in [1.54, 1.807) is 23.5 Å². The third-order valence-corrected chi connectivity index (χ3v) is 4.31. The lowest BCUT2D eigenvalue weighted by atomic mass is 10.0. The van der Waals surface area contributed by atoms with E-state index in [-0.39, 0.29) is 5.82 Å². The molecule has 0 saturated carbocycles. The van der Waals surface area contributed by atoms with Crippen molar-refractivity contribution in [2.75, 3.05) is 13.7 Å². The van der Waals surface area contributed by atoms with Gasteiger partial charge in [-0.3, -0.25) is 0 Å². The number of ether oxygens (including phenoxy) is 1. The molecule has 0 aliphatic heterocycles. The predicted molar refractivity (Wildman–Crippen MR) is 86.8 cm³/mol. The molecule has 0 saturated heterocycles. The molecule has 2 aromatic rings. The molecule has 0 bridgehead atoms. The zero-order valence-corrected chi connectivity index (χ0v) is 13.4. The van der Waals surface area contributed by atoms with Crippen LogP contribution in [-0.4, -0.2) is 19.7 Å². The summed E-state index contributed by atoms with van der Waals surface area (Å²) in [6, 6.07) is 9.78. The molecule has 1 heterocycles. The number of halogens is 1. The molecule has 1 atom stereocenters. The quantitative estimate of drug-likeness (QED) is 0.794. The fraction of sp³-hybridized carbons (Fsp3) is 0.412. The van der Waals surface area contributed by atoms with Crippen LogP contribution in [0.2, 0.25) is 0 Å². The van der Waals surface area contributed by atoms with Gasteiger partial charge in [-0.2, -0.15) is 0 Å². The molecular formula is C17H22FNOS. The summed E-state index contributed by atoms with van der Waals surface area (Å²) in [5.74, 6) is 0.00967. The molecule has 1 N–H and O–H groups in total. The van der Waals surface area contributed by atoms with Gasteiger partial charge in [0.2, 0.25) is 0 Å². The van der Waals surface area contributed by atoms with Crippen molar-refractivity contribution in [2.45, 2.75) is 32.2 Å². The molecule has 1 aromatic carbocycles. The Labute approximate surface area is 130 Å². The van der Waals surface area contributed by atoms with E-state index < -0.39 is 0 Å². The molecule has 4 heteroatoms. The highest BCUT2D eigenvalue weighted by atomic mass is 32.1. The third-order valence-electron chi connectivity index (χ3n) is 3.41. The van der Waals surface area contributed by atoms with Crippen LogP contribution in [0, 0.1) is 5.82 Å². The summed E-state index contributed by atoms with van der Waals surface area (Å²) >= 11 is 1.77. The first-order valence-corrected chi connectivity index (χ1v) is 8.19. The fourth-order valence-electron chi connectivity index (χ4n) is 2.36. The van der Waals surface area contributed by atoms with E-state index in [4.69, 9.17) is 4.74 Å². The first-order chi connectivity index (χ1) is 10.2. The summed E-state index contributed by atoms with van der Waals surface area (Å²) in [7, 11) is 1.49. The number of thiophene rings is 1. The SMILES string of the molecule is CCCNC(Cc1ccc(OC)c(F)c1)Cc1cccs1. The van der Waals surface area contributed by atoms with Crippen LogP contribution in [0.5, 0.6) is 5.75 Å². The van der Waals surface area contributed by atoms with Gasteiger partial charge in [-0.05, 0) is 54.9 Å². The van der Waals surface area contributed by atoms with Crippen LogP contribution in [0.3, 0.4) is 0 Å². The van der Waals surface area contributed by atoms with Gasteiger partial charge in [-0.15, -0.1) is 11.3 Å². The second-order valence-corrected chi connectivity index (χ2v) is 6.14. The minimum absolute atomic E-state index is 0.291. The van der Waals surface area contributed by atoms with Crippen LogP contribution >= 0.6 is 11.3 Å². The topological polar surface area (TPSA) is 21.3 Å². The maximum atomic E-state index is 13.8. The molecular weight excluding hydrogens is 285 g/mol. The van der Waals surface area contributed by atoms with Crippen LogP contribution < -0.4 is 10.1 Å². The minimum Gasteiger partial charge on any atom is -0.494 e. The standard InChI is InChI=1S/C17H22FNOS/c1-3-8-19-14(12-15-5-4-9-21-15)10-13-6-7-17(20-2)16(18)11-13/h4-7,9,11,14,19H,3,8,10,12H2,1-2H3. The first-order valence-electron chi connectivity index (χ1n) is 7.31. The van der Waals surface area contributed by atoms with Gasteiger partial charge < -0.3 is 10.1 Å². The Morgan fingerprint density at radius 1 is 1.29 bits per heavy atom. The summed E-state index contributed by atoms with van der Waals surface area (Å²) in [5, 5.41) is 5.65. The zero-order chi connectivity index (χ0) is 15.1. The lowest BCUT2D eigenvalue weighted by Crippen LogP contribution is -2.33. The second-order valence-electron chi connectivity index (χ2n) is 5.11. The van der Waals surface area contributed by atoms with Gasteiger partial charge in [-0.1, -0.05) is 19.1 Å². The van der Waals surface area contributed by atoms with Crippen LogP contribution in [-0.2, 0) is 12.8 Å². The molecule has 1 unspecified atom stereocenters. The smallest absolute Gasteiger partial charge is 0.165 e. The number of methoxy groups -OCH3 is 1. The van der Waals surface area contributed by atoms with Gasteiger partial charge in [0.25, 0.3) is 0 Å². The maximum Gasteiger partial charge on any atom is 0.165 e. The van der Waals surface area contributed by atoms with E-state index in [1.807, 2.05) is 6.07 Å². The Morgan fingerprint density at radius 2 is 2.14 bits per heavy atom. The molecule has 0 amide bonds. The molecule has 2 rings (SSSR count). The lowest BCUT2D eigenvalue weighted by molar-refractivity contribution is 0.386. The highest BCUT2D eigenvalue weighted by molar-refractivity contribution is 7.09. The number of hydrogen-bond acceptors (Lipinski definition) is 3. The van der Waals surface area contributed by atoms with Crippen molar-refractivity contribution in [3.8, 4) is 5.75 Å². The van der Waals surface area contributed by atoms with Gasteiger partial charge in [0.15, 0.2) is 11.6 Å². The van der Waals surface area contributed by atoms with Crippen LogP contribution in [0.4, 0.5) is 4.39 Å². The highest BCUT2D eigenvalue weighted by Crippen LogP contribution is 2.20. The Balaban J connectivity index is 2.04. The average molecular weight is 307 g/mol. The van der Waals surface area contributed by atoms with E-state index >= 15 is 0 Å². The average Bonchev–Trinajstić information content (AvgIpc) is 2.98. The van der Waals surface area contributed by atoms with Crippen molar-refractivity contribution in [1.82, 2.24) is 5.32 Å². The van der Waals surface area contributed by atoms with Crippen molar-refractivity contribution in [2.24, 2.45) is 0 Å². The van der Waals surface area contributed by atoms with Gasteiger partial charge >= 0.3 is 0 Å². The fourth-order valence-corrected chi connectivity index (χ4v) is 3.14.